The van der Waals surface area contributed by atoms with Crippen LogP contribution in [0.1, 0.15) is 30.5 Å². The Balaban J connectivity index is 1.12. The van der Waals surface area contributed by atoms with Crippen molar-refractivity contribution in [2.24, 2.45) is 4.99 Å². The van der Waals surface area contributed by atoms with E-state index >= 15 is 0 Å². The van der Waals surface area contributed by atoms with Crippen LogP contribution in [0.25, 0.3) is 38.6 Å². The Morgan fingerprint density at radius 3 is 1.64 bits per heavy atom. The molecule has 0 N–H and O–H groups in total. The van der Waals surface area contributed by atoms with Gasteiger partial charge in [0.15, 0.2) is 0 Å². The second-order valence-electron chi connectivity index (χ2n) is 17.5. The van der Waals surface area contributed by atoms with Crippen molar-refractivity contribution in [3.05, 3.63) is 254 Å². The van der Waals surface area contributed by atoms with Gasteiger partial charge >= 0.3 is 0 Å². The Hall–Kier alpha value is -8.41. The van der Waals surface area contributed by atoms with Crippen LogP contribution in [0.3, 0.4) is 0 Å². The zero-order valence-electron chi connectivity index (χ0n) is 37.2. The minimum Gasteiger partial charge on any atom is -0.335 e. The molecule has 1 aliphatic carbocycles. The van der Waals surface area contributed by atoms with Crippen molar-refractivity contribution < 1.29 is 0 Å². The summed E-state index contributed by atoms with van der Waals surface area (Å²) in [5.74, 6) is 0.539. The Morgan fingerprint density at radius 1 is 0.485 bits per heavy atom. The van der Waals surface area contributed by atoms with E-state index in [1.165, 1.54) is 27.8 Å². The van der Waals surface area contributed by atoms with E-state index in [2.05, 4.69) is 270 Å². The first-order chi connectivity index (χ1) is 32.4. The molecule has 0 radical (unpaired) electrons. The Labute approximate surface area is 387 Å². The molecule has 0 spiro atoms. The first-order valence-corrected chi connectivity index (χ1v) is 22.5. The van der Waals surface area contributed by atoms with Gasteiger partial charge in [-0.2, -0.15) is 0 Å². The number of aliphatic imine (C=N–C) groups is 1. The molecule has 0 saturated carbocycles. The van der Waals surface area contributed by atoms with Gasteiger partial charge in [-0.1, -0.05) is 154 Å². The fraction of sp³-hybridized carbons (Fsp3) is 0.0656. The van der Waals surface area contributed by atoms with Gasteiger partial charge in [-0.25, -0.2) is 4.99 Å². The molecule has 10 aromatic rings. The van der Waals surface area contributed by atoms with E-state index in [1.54, 1.807) is 0 Å². The summed E-state index contributed by atoms with van der Waals surface area (Å²) in [5.41, 5.74) is 16.8. The van der Waals surface area contributed by atoms with E-state index in [4.69, 9.17) is 0 Å². The predicted octanol–water partition coefficient (Wildman–Crippen LogP) is 16.2. The molecule has 11 rings (SSSR count). The van der Waals surface area contributed by atoms with Gasteiger partial charge < -0.3 is 14.4 Å². The van der Waals surface area contributed by atoms with Crippen molar-refractivity contribution in [1.29, 1.82) is 0 Å². The first-order valence-electron chi connectivity index (χ1n) is 22.5. The van der Waals surface area contributed by atoms with Crippen LogP contribution in [-0.2, 0) is 12.0 Å². The highest BCUT2D eigenvalue weighted by molar-refractivity contribution is 6.13. The lowest BCUT2D eigenvalue weighted by molar-refractivity contribution is 0.660. The summed E-state index contributed by atoms with van der Waals surface area (Å²) in [6.07, 6.45) is 0. The van der Waals surface area contributed by atoms with Crippen LogP contribution in [0.2, 0.25) is 0 Å². The molecule has 5 nitrogen and oxygen atoms in total. The monoisotopic (exact) mass is 851 g/mol. The van der Waals surface area contributed by atoms with Gasteiger partial charge in [-0.05, 0) is 126 Å². The van der Waals surface area contributed by atoms with Gasteiger partial charge in [0, 0.05) is 56.9 Å². The summed E-state index contributed by atoms with van der Waals surface area (Å²) in [7, 11) is 0. The highest BCUT2D eigenvalue weighted by Crippen LogP contribution is 2.52. The SMILES string of the molecule is C=NC(=C)N(c1ccccc1)c1cc2c3ccccc3n(-c3ccc4c(c3)C(C)(C)c3cc(N(c5ccccc5)c5ccccc5)ccc3-4)c2cc1N(Cc1ccccc1)c1ccccc1. The van der Waals surface area contributed by atoms with Crippen molar-refractivity contribution >= 4 is 68.3 Å². The van der Waals surface area contributed by atoms with E-state index in [0.29, 0.717) is 12.4 Å². The third-order valence-corrected chi connectivity index (χ3v) is 13.2. The molecule has 0 aliphatic heterocycles. The summed E-state index contributed by atoms with van der Waals surface area (Å²) in [5, 5.41) is 2.29. The zero-order chi connectivity index (χ0) is 44.8. The average molecular weight is 852 g/mol. The number of nitrogens with zero attached hydrogens (tertiary/aromatic N) is 5. The summed E-state index contributed by atoms with van der Waals surface area (Å²) < 4.78 is 2.45. The Bertz CT molecular complexity index is 3360. The standard InChI is InChI=1S/C61H49N5/c1-43(62-4)64(46-26-14-7-15-27-46)60-40-54-53-32-20-21-33-57(53)66(58(54)41-59(60)63(45-24-12-6-13-25-45)42-44-22-10-5-11-23-44)50-35-37-52-51-36-34-49(38-55(51)61(2,3)56(52)39-50)65(47-28-16-8-17-29-47)48-30-18-9-19-31-48/h5-41H,1,4,42H2,2-3H3. The fourth-order valence-corrected chi connectivity index (χ4v) is 10.0. The van der Waals surface area contributed by atoms with Gasteiger partial charge in [0.25, 0.3) is 0 Å². The van der Waals surface area contributed by atoms with E-state index in [9.17, 15) is 0 Å². The smallest absolute Gasteiger partial charge is 0.129 e. The lowest BCUT2D eigenvalue weighted by Crippen LogP contribution is -2.22. The molecular formula is C61H49N5. The maximum absolute atomic E-state index is 4.46. The summed E-state index contributed by atoms with van der Waals surface area (Å²) >= 11 is 0. The van der Waals surface area contributed by atoms with Crippen molar-refractivity contribution in [3.63, 3.8) is 0 Å². The number of anilines is 7. The van der Waals surface area contributed by atoms with Gasteiger partial charge in [-0.3, -0.25) is 4.90 Å². The Kier molecular flexibility index (Phi) is 10.2. The predicted molar refractivity (Wildman–Crippen MR) is 279 cm³/mol. The summed E-state index contributed by atoms with van der Waals surface area (Å²) in [4.78, 5) is 11.4. The summed E-state index contributed by atoms with van der Waals surface area (Å²) in [6.45, 7) is 13.8. The minimum atomic E-state index is -0.277. The molecular weight excluding hydrogens is 803 g/mol. The summed E-state index contributed by atoms with van der Waals surface area (Å²) in [6, 6.07) is 80.5. The van der Waals surface area contributed by atoms with Crippen molar-refractivity contribution in [2.75, 3.05) is 14.7 Å². The molecule has 66 heavy (non-hydrogen) atoms. The van der Waals surface area contributed by atoms with Crippen LogP contribution in [0, 0.1) is 0 Å². The minimum absolute atomic E-state index is 0.277. The van der Waals surface area contributed by atoms with Crippen LogP contribution in [0.4, 0.5) is 39.8 Å². The van der Waals surface area contributed by atoms with Crippen LogP contribution in [0.5, 0.6) is 0 Å². The number of aromatic nitrogens is 1. The third-order valence-electron chi connectivity index (χ3n) is 13.2. The number of rotatable bonds is 12. The van der Waals surface area contributed by atoms with Gasteiger partial charge in [0.2, 0.25) is 0 Å². The van der Waals surface area contributed by atoms with Crippen LogP contribution in [-0.4, -0.2) is 11.3 Å². The van der Waals surface area contributed by atoms with Crippen molar-refractivity contribution in [2.45, 2.75) is 25.8 Å². The average Bonchev–Trinajstić information content (AvgIpc) is 3.81. The molecule has 1 aliphatic rings. The second-order valence-corrected chi connectivity index (χ2v) is 17.5. The maximum atomic E-state index is 4.46. The molecule has 1 heterocycles. The molecule has 0 bridgehead atoms. The van der Waals surface area contributed by atoms with Gasteiger partial charge in [0.05, 0.1) is 22.4 Å². The molecule has 9 aromatic carbocycles. The maximum Gasteiger partial charge on any atom is 0.129 e. The van der Waals surface area contributed by atoms with Gasteiger partial charge in [-0.15, -0.1) is 0 Å². The Morgan fingerprint density at radius 2 is 1.02 bits per heavy atom. The van der Waals surface area contributed by atoms with Crippen LogP contribution < -0.4 is 14.7 Å². The van der Waals surface area contributed by atoms with E-state index < -0.39 is 0 Å². The highest BCUT2D eigenvalue weighted by atomic mass is 15.3. The third kappa shape index (κ3) is 6.93. The molecule has 318 valence electrons. The quantitative estimate of drug-likeness (QED) is 0.115. The number of hydrogen-bond donors (Lipinski definition) is 0. The van der Waals surface area contributed by atoms with Crippen molar-refractivity contribution in [1.82, 2.24) is 4.57 Å². The number of benzene rings is 9. The topological polar surface area (TPSA) is 27.0 Å². The van der Waals surface area contributed by atoms with E-state index in [-0.39, 0.29) is 5.41 Å². The molecule has 0 saturated heterocycles. The molecule has 0 atom stereocenters. The fourth-order valence-electron chi connectivity index (χ4n) is 10.0. The molecule has 1 aromatic heterocycles. The largest absolute Gasteiger partial charge is 0.335 e. The normalized spacial score (nSPS) is 12.4. The molecule has 0 amide bonds. The van der Waals surface area contributed by atoms with E-state index in [0.717, 1.165) is 67.3 Å². The zero-order valence-corrected chi connectivity index (χ0v) is 37.2. The molecule has 5 heteroatoms. The number of para-hydroxylation sites is 5. The number of hydrogen-bond acceptors (Lipinski definition) is 4. The van der Waals surface area contributed by atoms with Crippen molar-refractivity contribution in [3.8, 4) is 16.8 Å². The van der Waals surface area contributed by atoms with Gasteiger partial charge in [0.1, 0.15) is 5.82 Å². The first kappa shape index (κ1) is 40.4. The van der Waals surface area contributed by atoms with E-state index in [1.807, 2.05) is 6.07 Å². The highest BCUT2D eigenvalue weighted by Gasteiger charge is 2.37. The number of fused-ring (bicyclic) bond motifs is 6. The lowest BCUT2D eigenvalue weighted by Gasteiger charge is -2.33. The van der Waals surface area contributed by atoms with Crippen LogP contribution >= 0.6 is 0 Å². The molecule has 0 unspecified atom stereocenters. The molecule has 0 fully saturated rings. The lowest BCUT2D eigenvalue weighted by atomic mass is 9.82. The second kappa shape index (κ2) is 16.6. The van der Waals surface area contributed by atoms with Crippen LogP contribution in [0.15, 0.2) is 242 Å².